The Labute approximate surface area is 142 Å². The maximum absolute atomic E-state index is 9.40. The number of anilines is 2. The molecule has 3 atom stereocenters. The standard InChI is InChI=1S/C13H19N9O3/c1-24-3-2-16-11-10-12(19-13(14)18-11)22(6-17-10)9-4-7(20-21-15)8(5-23)25-9/h6-9,23H,2-5H2,1H3,(H3,14,16,18,19)/t7?,8-,9-/m1/s1. The van der Waals surface area contributed by atoms with Crippen LogP contribution in [-0.2, 0) is 9.47 Å². The lowest BCUT2D eigenvalue weighted by molar-refractivity contribution is -0.0232. The van der Waals surface area contributed by atoms with Gasteiger partial charge in [0.15, 0.2) is 17.0 Å². The van der Waals surface area contributed by atoms with Gasteiger partial charge in [-0.3, -0.25) is 4.57 Å². The fourth-order valence-electron chi connectivity index (χ4n) is 2.78. The molecule has 3 rings (SSSR count). The monoisotopic (exact) mass is 349 g/mol. The molecule has 1 unspecified atom stereocenters. The van der Waals surface area contributed by atoms with Crippen molar-refractivity contribution in [3.8, 4) is 0 Å². The Morgan fingerprint density at radius 3 is 3.16 bits per heavy atom. The van der Waals surface area contributed by atoms with E-state index in [0.717, 1.165) is 0 Å². The summed E-state index contributed by atoms with van der Waals surface area (Å²) in [5.74, 6) is 0.596. The Kier molecular flexibility index (Phi) is 5.14. The molecule has 4 N–H and O–H groups in total. The number of methoxy groups -OCH3 is 1. The van der Waals surface area contributed by atoms with E-state index in [1.54, 1.807) is 18.0 Å². The summed E-state index contributed by atoms with van der Waals surface area (Å²) in [6, 6.07) is -0.462. The fourth-order valence-corrected chi connectivity index (χ4v) is 2.78. The lowest BCUT2D eigenvalue weighted by Crippen LogP contribution is -2.22. The second-order valence-electron chi connectivity index (χ2n) is 5.49. The van der Waals surface area contributed by atoms with Crippen LogP contribution in [0.2, 0.25) is 0 Å². The van der Waals surface area contributed by atoms with Gasteiger partial charge in [-0.2, -0.15) is 9.97 Å². The first-order chi connectivity index (χ1) is 12.2. The number of aromatic nitrogens is 4. The molecule has 0 bridgehead atoms. The second kappa shape index (κ2) is 7.49. The van der Waals surface area contributed by atoms with Crippen LogP contribution in [0.15, 0.2) is 11.4 Å². The Bertz CT molecular complexity index is 788. The van der Waals surface area contributed by atoms with Crippen LogP contribution in [0, 0.1) is 0 Å². The van der Waals surface area contributed by atoms with Gasteiger partial charge in [0.2, 0.25) is 5.95 Å². The summed E-state index contributed by atoms with van der Waals surface area (Å²) in [4.78, 5) is 15.5. The molecule has 12 nitrogen and oxygen atoms in total. The van der Waals surface area contributed by atoms with Crippen molar-refractivity contribution in [3.05, 3.63) is 16.8 Å². The van der Waals surface area contributed by atoms with E-state index in [1.165, 1.54) is 0 Å². The van der Waals surface area contributed by atoms with Gasteiger partial charge in [-0.15, -0.1) is 0 Å². The van der Waals surface area contributed by atoms with Gasteiger partial charge >= 0.3 is 0 Å². The number of rotatable bonds is 7. The number of hydrogen-bond donors (Lipinski definition) is 3. The summed E-state index contributed by atoms with van der Waals surface area (Å²) in [5.41, 5.74) is 15.5. The SMILES string of the molecule is COCCNc1nc(N)nc2c1ncn2[C@H]1CC(N=[N+]=[N-])[C@@H](CO)O1. The number of hydrogen-bond acceptors (Lipinski definition) is 9. The molecule has 2 aromatic heterocycles. The van der Waals surface area contributed by atoms with Gasteiger partial charge in [-0.1, -0.05) is 5.11 Å². The van der Waals surface area contributed by atoms with Crippen molar-refractivity contribution in [1.29, 1.82) is 0 Å². The van der Waals surface area contributed by atoms with Crippen molar-refractivity contribution in [2.24, 2.45) is 5.11 Å². The molecule has 3 heterocycles. The molecular formula is C13H19N9O3. The second-order valence-corrected chi connectivity index (χ2v) is 5.49. The van der Waals surface area contributed by atoms with Gasteiger partial charge < -0.3 is 25.6 Å². The minimum Gasteiger partial charge on any atom is -0.394 e. The van der Waals surface area contributed by atoms with Crippen LogP contribution in [0.25, 0.3) is 21.6 Å². The first-order valence-corrected chi connectivity index (χ1v) is 7.71. The summed E-state index contributed by atoms with van der Waals surface area (Å²) in [7, 11) is 1.61. The first kappa shape index (κ1) is 17.2. The van der Waals surface area contributed by atoms with Crippen LogP contribution in [0.3, 0.4) is 0 Å². The van der Waals surface area contributed by atoms with Crippen molar-refractivity contribution < 1.29 is 14.6 Å². The van der Waals surface area contributed by atoms with Crippen LogP contribution in [-0.4, -0.2) is 63.6 Å². The normalized spacial score (nSPS) is 22.9. The van der Waals surface area contributed by atoms with E-state index in [9.17, 15) is 5.11 Å². The van der Waals surface area contributed by atoms with Gasteiger partial charge in [0.25, 0.3) is 0 Å². The predicted molar refractivity (Wildman–Crippen MR) is 88.6 cm³/mol. The highest BCUT2D eigenvalue weighted by molar-refractivity contribution is 5.84. The van der Waals surface area contributed by atoms with Crippen LogP contribution < -0.4 is 11.1 Å². The number of nitrogen functional groups attached to an aromatic ring is 1. The third-order valence-corrected chi connectivity index (χ3v) is 3.93. The number of azide groups is 1. The Morgan fingerprint density at radius 2 is 2.44 bits per heavy atom. The molecule has 134 valence electrons. The van der Waals surface area contributed by atoms with Crippen molar-refractivity contribution in [3.63, 3.8) is 0 Å². The molecule has 0 saturated carbocycles. The molecule has 25 heavy (non-hydrogen) atoms. The number of aliphatic hydroxyl groups is 1. The fraction of sp³-hybridized carbons (Fsp3) is 0.615. The number of aliphatic hydroxyl groups excluding tert-OH is 1. The number of fused-ring (bicyclic) bond motifs is 1. The Morgan fingerprint density at radius 1 is 1.60 bits per heavy atom. The molecular weight excluding hydrogens is 330 g/mol. The van der Waals surface area contributed by atoms with Crippen molar-refractivity contribution in [2.45, 2.75) is 24.8 Å². The maximum atomic E-state index is 9.40. The highest BCUT2D eigenvalue weighted by atomic mass is 16.5. The van der Waals surface area contributed by atoms with E-state index in [0.29, 0.717) is 36.6 Å². The maximum Gasteiger partial charge on any atom is 0.224 e. The zero-order valence-electron chi connectivity index (χ0n) is 13.6. The first-order valence-electron chi connectivity index (χ1n) is 7.71. The molecule has 0 amide bonds. The van der Waals surface area contributed by atoms with Crippen molar-refractivity contribution in [2.75, 3.05) is 37.9 Å². The molecule has 0 aliphatic carbocycles. The van der Waals surface area contributed by atoms with Crippen LogP contribution in [0.1, 0.15) is 12.6 Å². The summed E-state index contributed by atoms with van der Waals surface area (Å²) >= 11 is 0. The summed E-state index contributed by atoms with van der Waals surface area (Å²) < 4.78 is 12.5. The molecule has 1 fully saturated rings. The molecule has 0 aromatic carbocycles. The quantitative estimate of drug-likeness (QED) is 0.279. The number of ether oxygens (including phenoxy) is 2. The van der Waals surface area contributed by atoms with Gasteiger partial charge in [0.05, 0.1) is 31.7 Å². The molecule has 2 aromatic rings. The molecule has 1 aliphatic heterocycles. The van der Waals surface area contributed by atoms with Gasteiger partial charge in [-0.25, -0.2) is 4.98 Å². The van der Waals surface area contributed by atoms with E-state index in [4.69, 9.17) is 20.7 Å². The van der Waals surface area contributed by atoms with E-state index in [-0.39, 0.29) is 12.6 Å². The van der Waals surface area contributed by atoms with Crippen LogP contribution >= 0.6 is 0 Å². The highest BCUT2D eigenvalue weighted by Crippen LogP contribution is 2.33. The summed E-state index contributed by atoms with van der Waals surface area (Å²) in [5, 5.41) is 16.2. The molecule has 12 heteroatoms. The number of nitrogens with two attached hydrogens (primary N) is 1. The third kappa shape index (κ3) is 3.42. The highest BCUT2D eigenvalue weighted by Gasteiger charge is 2.36. The molecule has 0 radical (unpaired) electrons. The topological polar surface area (TPSA) is 169 Å². The molecule has 1 aliphatic rings. The van der Waals surface area contributed by atoms with E-state index in [2.05, 4.69) is 30.3 Å². The van der Waals surface area contributed by atoms with E-state index >= 15 is 0 Å². The number of nitrogens with one attached hydrogen (secondary N) is 1. The largest absolute Gasteiger partial charge is 0.394 e. The lowest BCUT2D eigenvalue weighted by Gasteiger charge is -2.14. The van der Waals surface area contributed by atoms with Crippen LogP contribution in [0.5, 0.6) is 0 Å². The Balaban J connectivity index is 1.91. The van der Waals surface area contributed by atoms with Crippen LogP contribution in [0.4, 0.5) is 11.8 Å². The smallest absolute Gasteiger partial charge is 0.224 e. The van der Waals surface area contributed by atoms with E-state index < -0.39 is 18.4 Å². The average Bonchev–Trinajstić information content (AvgIpc) is 3.19. The molecule has 1 saturated heterocycles. The van der Waals surface area contributed by atoms with Crippen molar-refractivity contribution in [1.82, 2.24) is 19.5 Å². The third-order valence-electron chi connectivity index (χ3n) is 3.93. The average molecular weight is 349 g/mol. The van der Waals surface area contributed by atoms with Gasteiger partial charge in [-0.05, 0) is 5.53 Å². The minimum absolute atomic E-state index is 0.0949. The number of nitrogens with zero attached hydrogens (tertiary/aromatic N) is 7. The van der Waals surface area contributed by atoms with Gasteiger partial charge in [0, 0.05) is 25.0 Å². The summed E-state index contributed by atoms with van der Waals surface area (Å²) in [6.07, 6.45) is 0.921. The number of imidazole rings is 1. The molecule has 0 spiro atoms. The van der Waals surface area contributed by atoms with Crippen molar-refractivity contribution >= 4 is 22.9 Å². The minimum atomic E-state index is -0.572. The zero-order chi connectivity index (χ0) is 17.8. The lowest BCUT2D eigenvalue weighted by atomic mass is 10.1. The predicted octanol–water partition coefficient (Wildman–Crippen LogP) is 0.425. The van der Waals surface area contributed by atoms with E-state index in [1.807, 2.05) is 0 Å². The summed E-state index contributed by atoms with van der Waals surface area (Å²) in [6.45, 7) is 0.804. The van der Waals surface area contributed by atoms with Gasteiger partial charge in [0.1, 0.15) is 6.23 Å². The zero-order valence-corrected chi connectivity index (χ0v) is 13.6. The Hall–Kier alpha value is -2.66.